The summed E-state index contributed by atoms with van der Waals surface area (Å²) in [5.41, 5.74) is 6.45. The van der Waals surface area contributed by atoms with Crippen LogP contribution in [-0.4, -0.2) is 29.9 Å². The van der Waals surface area contributed by atoms with Crippen LogP contribution in [0.1, 0.15) is 33.3 Å². The number of carboxylic acid groups (broad SMARTS) is 1. The summed E-state index contributed by atoms with van der Waals surface area (Å²) < 4.78 is 5.56. The molecule has 188 valence electrons. The number of ether oxygens (including phenoxy) is 1. The van der Waals surface area contributed by atoms with Gasteiger partial charge in [-0.25, -0.2) is 0 Å². The molecule has 4 aromatic rings. The van der Waals surface area contributed by atoms with Crippen LogP contribution in [0.15, 0.2) is 78.2 Å². The number of ketones is 1. The molecular formula is C30H27NO5S. The van der Waals surface area contributed by atoms with Gasteiger partial charge in [0.2, 0.25) is 0 Å². The van der Waals surface area contributed by atoms with Gasteiger partial charge in [0, 0.05) is 18.5 Å². The molecule has 0 aliphatic carbocycles. The van der Waals surface area contributed by atoms with E-state index in [1.807, 2.05) is 66.0 Å². The van der Waals surface area contributed by atoms with Crippen molar-refractivity contribution in [3.63, 3.8) is 0 Å². The van der Waals surface area contributed by atoms with E-state index in [1.54, 1.807) is 26.2 Å². The first-order valence-corrected chi connectivity index (χ1v) is 12.6. The number of carbonyl (C=O) groups excluding carboxylic acids is 2. The quantitative estimate of drug-likeness (QED) is 0.280. The number of carboxylic acids is 1. The second-order valence-electron chi connectivity index (χ2n) is 8.76. The summed E-state index contributed by atoms with van der Waals surface area (Å²) in [5, 5.41) is 13.8. The Hall–Kier alpha value is -4.23. The van der Waals surface area contributed by atoms with Crippen molar-refractivity contribution in [3.05, 3.63) is 99.7 Å². The van der Waals surface area contributed by atoms with Gasteiger partial charge in [-0.1, -0.05) is 60.7 Å². The zero-order chi connectivity index (χ0) is 26.4. The van der Waals surface area contributed by atoms with Crippen molar-refractivity contribution in [1.82, 2.24) is 5.32 Å². The fourth-order valence-corrected chi connectivity index (χ4v) is 4.87. The molecule has 0 saturated carbocycles. The van der Waals surface area contributed by atoms with Gasteiger partial charge >= 0.3 is 5.97 Å². The SMILES string of the molecule is COc1cc(CC(C)=O)ccc1-c1ccc(-c2csc(C(=O)NCc3ccc(CC(=O)O)cc3)c2)cc1. The van der Waals surface area contributed by atoms with Crippen LogP contribution in [0.3, 0.4) is 0 Å². The first kappa shape index (κ1) is 25.9. The van der Waals surface area contributed by atoms with E-state index in [4.69, 9.17) is 9.84 Å². The standard InChI is InChI=1S/C30H27NO5S/c1-19(32)13-22-7-12-26(27(14-22)36-2)24-10-8-23(9-11-24)25-16-28(37-18-25)30(35)31-17-21-5-3-20(4-6-21)15-29(33)34/h3-12,14,16,18H,13,15,17H2,1-2H3,(H,31,35)(H,33,34). The summed E-state index contributed by atoms with van der Waals surface area (Å²) in [6.07, 6.45) is 0.356. The fraction of sp³-hybridized carbons (Fsp3) is 0.167. The largest absolute Gasteiger partial charge is 0.496 e. The van der Waals surface area contributed by atoms with E-state index in [-0.39, 0.29) is 18.1 Å². The number of hydrogen-bond acceptors (Lipinski definition) is 5. The highest BCUT2D eigenvalue weighted by molar-refractivity contribution is 7.12. The zero-order valence-corrected chi connectivity index (χ0v) is 21.4. The van der Waals surface area contributed by atoms with Gasteiger partial charge in [-0.2, -0.15) is 0 Å². The number of rotatable bonds is 10. The highest BCUT2D eigenvalue weighted by Gasteiger charge is 2.12. The summed E-state index contributed by atoms with van der Waals surface area (Å²) in [6.45, 7) is 1.93. The van der Waals surface area contributed by atoms with Gasteiger partial charge in [-0.3, -0.25) is 14.4 Å². The Morgan fingerprint density at radius 2 is 1.46 bits per heavy atom. The van der Waals surface area contributed by atoms with Crippen LogP contribution in [0.5, 0.6) is 5.75 Å². The minimum absolute atomic E-state index is 0.0213. The van der Waals surface area contributed by atoms with Crippen molar-refractivity contribution in [2.75, 3.05) is 7.11 Å². The van der Waals surface area contributed by atoms with Crippen LogP contribution in [0.2, 0.25) is 0 Å². The summed E-state index contributed by atoms with van der Waals surface area (Å²) in [5.74, 6) is -0.200. The Kier molecular flexibility index (Phi) is 8.15. The Morgan fingerprint density at radius 3 is 2.11 bits per heavy atom. The number of amides is 1. The lowest BCUT2D eigenvalue weighted by Gasteiger charge is -2.11. The normalized spacial score (nSPS) is 10.6. The van der Waals surface area contributed by atoms with Crippen molar-refractivity contribution >= 4 is 29.0 Å². The smallest absolute Gasteiger partial charge is 0.307 e. The molecule has 0 unspecified atom stereocenters. The lowest BCUT2D eigenvalue weighted by molar-refractivity contribution is -0.136. The summed E-state index contributed by atoms with van der Waals surface area (Å²) in [6, 6.07) is 22.9. The second-order valence-corrected chi connectivity index (χ2v) is 9.67. The first-order valence-electron chi connectivity index (χ1n) is 11.8. The fourth-order valence-electron chi connectivity index (χ4n) is 4.04. The average molecular weight is 514 g/mol. The third kappa shape index (κ3) is 6.71. The van der Waals surface area contributed by atoms with Crippen LogP contribution >= 0.6 is 11.3 Å². The maximum atomic E-state index is 12.7. The number of hydrogen-bond donors (Lipinski definition) is 2. The van der Waals surface area contributed by atoms with Crippen molar-refractivity contribution in [2.45, 2.75) is 26.3 Å². The number of methoxy groups -OCH3 is 1. The molecule has 7 heteroatoms. The molecule has 0 aliphatic heterocycles. The number of Topliss-reactive ketones (excluding diaryl/α,β-unsaturated/α-hetero) is 1. The molecule has 6 nitrogen and oxygen atoms in total. The minimum atomic E-state index is -0.872. The molecule has 0 saturated heterocycles. The maximum absolute atomic E-state index is 12.7. The molecule has 0 aliphatic rings. The van der Waals surface area contributed by atoms with Crippen LogP contribution < -0.4 is 10.1 Å². The van der Waals surface area contributed by atoms with Gasteiger partial charge in [-0.15, -0.1) is 11.3 Å². The second kappa shape index (κ2) is 11.7. The number of aliphatic carboxylic acids is 1. The molecule has 37 heavy (non-hydrogen) atoms. The van der Waals surface area contributed by atoms with E-state index in [0.717, 1.165) is 44.7 Å². The summed E-state index contributed by atoms with van der Waals surface area (Å²) in [7, 11) is 1.62. The molecule has 0 atom stereocenters. The van der Waals surface area contributed by atoms with E-state index in [1.165, 1.54) is 11.3 Å². The van der Waals surface area contributed by atoms with Crippen molar-refractivity contribution in [2.24, 2.45) is 0 Å². The van der Waals surface area contributed by atoms with Gasteiger partial charge in [0.15, 0.2) is 0 Å². The van der Waals surface area contributed by atoms with Crippen molar-refractivity contribution in [3.8, 4) is 28.0 Å². The predicted octanol–water partition coefficient (Wildman–Crippen LogP) is 5.78. The van der Waals surface area contributed by atoms with E-state index in [0.29, 0.717) is 17.8 Å². The molecule has 0 radical (unpaired) electrons. The molecule has 3 aromatic carbocycles. The molecule has 0 bridgehead atoms. The molecule has 1 heterocycles. The van der Waals surface area contributed by atoms with E-state index in [9.17, 15) is 14.4 Å². The summed E-state index contributed by atoms with van der Waals surface area (Å²) in [4.78, 5) is 35.5. The Morgan fingerprint density at radius 1 is 0.811 bits per heavy atom. The van der Waals surface area contributed by atoms with Crippen molar-refractivity contribution < 1.29 is 24.2 Å². The Labute approximate surface area is 219 Å². The highest BCUT2D eigenvalue weighted by atomic mass is 32.1. The van der Waals surface area contributed by atoms with E-state index in [2.05, 4.69) is 5.32 Å². The topological polar surface area (TPSA) is 92.7 Å². The third-order valence-corrected chi connectivity index (χ3v) is 6.83. The maximum Gasteiger partial charge on any atom is 0.307 e. The average Bonchev–Trinajstić information content (AvgIpc) is 3.38. The zero-order valence-electron chi connectivity index (χ0n) is 20.6. The molecule has 1 aromatic heterocycles. The first-order chi connectivity index (χ1) is 17.8. The number of thiophene rings is 1. The monoisotopic (exact) mass is 513 g/mol. The molecular weight excluding hydrogens is 486 g/mol. The Balaban J connectivity index is 1.41. The van der Waals surface area contributed by atoms with Crippen LogP contribution in [0.4, 0.5) is 0 Å². The summed E-state index contributed by atoms with van der Waals surface area (Å²) >= 11 is 1.39. The van der Waals surface area contributed by atoms with Gasteiger partial charge in [-0.05, 0) is 57.8 Å². The number of nitrogens with one attached hydrogen (secondary N) is 1. The number of benzene rings is 3. The predicted molar refractivity (Wildman–Crippen MR) is 145 cm³/mol. The van der Waals surface area contributed by atoms with E-state index < -0.39 is 5.97 Å². The number of carbonyl (C=O) groups is 3. The molecule has 0 fully saturated rings. The van der Waals surface area contributed by atoms with Crippen LogP contribution in [0.25, 0.3) is 22.3 Å². The van der Waals surface area contributed by atoms with Gasteiger partial charge in [0.1, 0.15) is 11.5 Å². The molecule has 1 amide bonds. The van der Waals surface area contributed by atoms with Gasteiger partial charge in [0.25, 0.3) is 5.91 Å². The molecule has 0 spiro atoms. The van der Waals surface area contributed by atoms with Gasteiger partial charge in [0.05, 0.1) is 18.4 Å². The van der Waals surface area contributed by atoms with Crippen LogP contribution in [0, 0.1) is 0 Å². The van der Waals surface area contributed by atoms with Crippen LogP contribution in [-0.2, 0) is 29.0 Å². The van der Waals surface area contributed by atoms with Gasteiger partial charge < -0.3 is 15.2 Å². The van der Waals surface area contributed by atoms with E-state index >= 15 is 0 Å². The van der Waals surface area contributed by atoms with Crippen molar-refractivity contribution in [1.29, 1.82) is 0 Å². The lowest BCUT2D eigenvalue weighted by Crippen LogP contribution is -2.21. The third-order valence-electron chi connectivity index (χ3n) is 5.90. The highest BCUT2D eigenvalue weighted by Crippen LogP contribution is 2.33. The molecule has 4 rings (SSSR count). The minimum Gasteiger partial charge on any atom is -0.496 e. The molecule has 2 N–H and O–H groups in total. The Bertz CT molecular complexity index is 1420. The lowest BCUT2D eigenvalue weighted by atomic mass is 9.98.